The Kier molecular flexibility index (Phi) is 3.85. The van der Waals surface area contributed by atoms with Crippen molar-refractivity contribution >= 4 is 29.0 Å². The molecule has 0 radical (unpaired) electrons. The van der Waals surface area contributed by atoms with Crippen LogP contribution in [0.1, 0.15) is 31.0 Å². The lowest BCUT2D eigenvalue weighted by atomic mass is 10.1. The highest BCUT2D eigenvalue weighted by Crippen LogP contribution is 2.41. The third-order valence-corrected chi connectivity index (χ3v) is 5.98. The number of rotatable bonds is 2. The van der Waals surface area contributed by atoms with E-state index in [2.05, 4.69) is 19.1 Å². The molecule has 104 valence electrons. The molecule has 1 aromatic carbocycles. The van der Waals surface area contributed by atoms with Gasteiger partial charge < -0.3 is 4.90 Å². The number of hydrogen-bond acceptors (Lipinski definition) is 3. The molecule has 0 aliphatic carbocycles. The van der Waals surface area contributed by atoms with Gasteiger partial charge in [0.15, 0.2) is 0 Å². The van der Waals surface area contributed by atoms with E-state index in [0.29, 0.717) is 0 Å². The van der Waals surface area contributed by atoms with Crippen molar-refractivity contribution in [3.8, 4) is 0 Å². The Morgan fingerprint density at radius 1 is 1.20 bits per heavy atom. The third kappa shape index (κ3) is 2.50. The van der Waals surface area contributed by atoms with Crippen molar-refractivity contribution in [2.24, 2.45) is 0 Å². The maximum Gasteiger partial charge on any atom is 0.255 e. The first-order chi connectivity index (χ1) is 9.66. The summed E-state index contributed by atoms with van der Waals surface area (Å²) in [5.74, 6) is 1.17. The van der Waals surface area contributed by atoms with Crippen LogP contribution in [0.4, 0.5) is 0 Å². The molecule has 0 unspecified atom stereocenters. The second kappa shape index (κ2) is 5.62. The molecule has 4 heteroatoms. The Bertz CT molecular complexity index is 635. The van der Waals surface area contributed by atoms with Crippen molar-refractivity contribution in [1.82, 2.24) is 4.90 Å². The zero-order valence-electron chi connectivity index (χ0n) is 11.6. The summed E-state index contributed by atoms with van der Waals surface area (Å²) >= 11 is 3.65. The van der Waals surface area contributed by atoms with Crippen LogP contribution in [0.15, 0.2) is 36.4 Å². The van der Waals surface area contributed by atoms with Crippen LogP contribution in [0.3, 0.4) is 0 Å². The van der Waals surface area contributed by atoms with E-state index >= 15 is 0 Å². The van der Waals surface area contributed by atoms with Gasteiger partial charge in [-0.15, -0.1) is 23.1 Å². The fraction of sp³-hybridized carbons (Fsp3) is 0.312. The van der Waals surface area contributed by atoms with Gasteiger partial charge in [-0.1, -0.05) is 18.2 Å². The highest BCUT2D eigenvalue weighted by molar-refractivity contribution is 7.99. The average Bonchev–Trinajstić information content (AvgIpc) is 3.06. The number of carbonyl (C=O) groups is 1. The molecule has 1 fully saturated rings. The van der Waals surface area contributed by atoms with Crippen molar-refractivity contribution in [1.29, 1.82) is 0 Å². The lowest BCUT2D eigenvalue weighted by molar-refractivity contribution is 0.0761. The maximum atomic E-state index is 12.8. The molecule has 2 heterocycles. The number of nitrogens with zero attached hydrogens (tertiary/aromatic N) is 1. The number of thiophene rings is 1. The van der Waals surface area contributed by atoms with Crippen molar-refractivity contribution in [3.05, 3.63) is 57.3 Å². The Morgan fingerprint density at radius 2 is 2.00 bits per heavy atom. The number of benzene rings is 1. The average molecular weight is 303 g/mol. The lowest BCUT2D eigenvalue weighted by Crippen LogP contribution is -2.30. The maximum absolute atomic E-state index is 12.8. The summed E-state index contributed by atoms with van der Waals surface area (Å²) in [5.41, 5.74) is 1.88. The topological polar surface area (TPSA) is 20.3 Å². The molecule has 1 amide bonds. The van der Waals surface area contributed by atoms with Gasteiger partial charge in [0, 0.05) is 27.6 Å². The second-order valence-electron chi connectivity index (χ2n) is 4.99. The van der Waals surface area contributed by atoms with E-state index < -0.39 is 0 Å². The van der Waals surface area contributed by atoms with Crippen LogP contribution in [0.5, 0.6) is 0 Å². The number of carbonyl (C=O) groups excluding carboxylic acids is 1. The summed E-state index contributed by atoms with van der Waals surface area (Å²) in [5, 5.41) is 0.181. The fourth-order valence-electron chi connectivity index (χ4n) is 2.47. The first-order valence-corrected chi connectivity index (χ1v) is 8.58. The van der Waals surface area contributed by atoms with Crippen LogP contribution in [0.2, 0.25) is 0 Å². The van der Waals surface area contributed by atoms with E-state index in [-0.39, 0.29) is 11.3 Å². The summed E-state index contributed by atoms with van der Waals surface area (Å²) in [7, 11) is 0. The molecule has 0 N–H and O–H groups in total. The molecular formula is C16H17NOS2. The quantitative estimate of drug-likeness (QED) is 0.826. The van der Waals surface area contributed by atoms with E-state index in [4.69, 9.17) is 0 Å². The predicted octanol–water partition coefficient (Wildman–Crippen LogP) is 4.25. The molecule has 3 rings (SSSR count). The van der Waals surface area contributed by atoms with E-state index in [0.717, 1.165) is 23.4 Å². The van der Waals surface area contributed by atoms with E-state index in [1.54, 1.807) is 11.3 Å². The minimum absolute atomic E-state index is 0.157. The molecule has 1 aromatic heterocycles. The van der Waals surface area contributed by atoms with E-state index in [1.165, 1.54) is 9.75 Å². The Hall–Kier alpha value is -1.26. The molecule has 2 aromatic rings. The number of hydrogen-bond donors (Lipinski definition) is 0. The van der Waals surface area contributed by atoms with E-state index in [9.17, 15) is 4.79 Å². The van der Waals surface area contributed by atoms with Gasteiger partial charge in [-0.2, -0.15) is 0 Å². The van der Waals surface area contributed by atoms with Gasteiger partial charge in [0.2, 0.25) is 0 Å². The van der Waals surface area contributed by atoms with Crippen molar-refractivity contribution in [3.63, 3.8) is 0 Å². The predicted molar refractivity (Wildman–Crippen MR) is 86.5 cm³/mol. The van der Waals surface area contributed by atoms with Gasteiger partial charge in [-0.05, 0) is 37.6 Å². The number of thioether (sulfide) groups is 1. The third-order valence-electron chi connectivity index (χ3n) is 3.53. The number of amides is 1. The summed E-state index contributed by atoms with van der Waals surface area (Å²) in [4.78, 5) is 17.4. The largest absolute Gasteiger partial charge is 0.321 e. The van der Waals surface area contributed by atoms with Crippen LogP contribution >= 0.6 is 23.1 Å². The first kappa shape index (κ1) is 13.7. The van der Waals surface area contributed by atoms with Gasteiger partial charge in [0.1, 0.15) is 5.37 Å². The molecular weight excluding hydrogens is 286 g/mol. The van der Waals surface area contributed by atoms with Gasteiger partial charge in [-0.3, -0.25) is 4.79 Å². The van der Waals surface area contributed by atoms with Gasteiger partial charge >= 0.3 is 0 Å². The van der Waals surface area contributed by atoms with Gasteiger partial charge in [-0.25, -0.2) is 0 Å². The van der Waals surface area contributed by atoms with Crippen LogP contribution in [0.25, 0.3) is 0 Å². The zero-order chi connectivity index (χ0) is 14.1. The molecule has 2 nitrogen and oxygen atoms in total. The van der Waals surface area contributed by atoms with Crippen LogP contribution in [-0.4, -0.2) is 23.1 Å². The van der Waals surface area contributed by atoms with Gasteiger partial charge in [0.05, 0.1) is 0 Å². The Balaban J connectivity index is 1.89. The van der Waals surface area contributed by atoms with Gasteiger partial charge in [0.25, 0.3) is 5.91 Å². The number of aryl methyl sites for hydroxylation is 2. The van der Waals surface area contributed by atoms with Crippen LogP contribution in [-0.2, 0) is 0 Å². The zero-order valence-corrected chi connectivity index (χ0v) is 13.3. The molecule has 1 aliphatic heterocycles. The fourth-order valence-corrected chi connectivity index (χ4v) is 4.84. The van der Waals surface area contributed by atoms with Crippen molar-refractivity contribution < 1.29 is 4.79 Å². The van der Waals surface area contributed by atoms with Crippen LogP contribution in [0, 0.1) is 13.8 Å². The molecule has 1 atom stereocenters. The van der Waals surface area contributed by atoms with Crippen LogP contribution < -0.4 is 0 Å². The SMILES string of the molecule is Cc1ccc([C@@H]2SCCN2C(=O)c2ccccc2C)s1. The highest BCUT2D eigenvalue weighted by Gasteiger charge is 2.32. The molecule has 0 bridgehead atoms. The molecule has 0 saturated carbocycles. The normalized spacial score (nSPS) is 18.5. The molecule has 0 spiro atoms. The lowest BCUT2D eigenvalue weighted by Gasteiger charge is -2.23. The summed E-state index contributed by atoms with van der Waals surface area (Å²) in [6.07, 6.45) is 0. The minimum atomic E-state index is 0.157. The monoisotopic (exact) mass is 303 g/mol. The molecule has 1 saturated heterocycles. The van der Waals surface area contributed by atoms with E-state index in [1.807, 2.05) is 47.9 Å². The summed E-state index contributed by atoms with van der Waals surface area (Å²) in [6, 6.07) is 12.1. The standard InChI is InChI=1S/C16H17NOS2/c1-11-5-3-4-6-13(11)15(18)17-9-10-19-16(17)14-8-7-12(2)20-14/h3-8,16H,9-10H2,1-2H3/t16-/m0/s1. The Morgan fingerprint density at radius 3 is 2.70 bits per heavy atom. The smallest absolute Gasteiger partial charge is 0.255 e. The summed E-state index contributed by atoms with van der Waals surface area (Å²) < 4.78 is 0. The van der Waals surface area contributed by atoms with Crippen molar-refractivity contribution in [2.75, 3.05) is 12.3 Å². The first-order valence-electron chi connectivity index (χ1n) is 6.71. The highest BCUT2D eigenvalue weighted by atomic mass is 32.2. The minimum Gasteiger partial charge on any atom is -0.321 e. The molecule has 20 heavy (non-hydrogen) atoms. The van der Waals surface area contributed by atoms with Crippen molar-refractivity contribution in [2.45, 2.75) is 19.2 Å². The summed E-state index contributed by atoms with van der Waals surface area (Å²) in [6.45, 7) is 4.95. The second-order valence-corrected chi connectivity index (χ2v) is 7.49. The molecule has 1 aliphatic rings. The Labute approximate surface area is 127 Å².